The molecular weight excluding hydrogens is 307 g/mol. The lowest BCUT2D eigenvalue weighted by molar-refractivity contribution is 1.12. The Kier molecular flexibility index (Phi) is 4.78. The van der Waals surface area contributed by atoms with Gasteiger partial charge >= 0.3 is 0 Å². The fourth-order valence-electron chi connectivity index (χ4n) is 1.52. The zero-order valence-corrected chi connectivity index (χ0v) is 12.7. The summed E-state index contributed by atoms with van der Waals surface area (Å²) in [6.07, 6.45) is 3.34. The van der Waals surface area contributed by atoms with Gasteiger partial charge in [0.25, 0.3) is 0 Å². The van der Waals surface area contributed by atoms with Gasteiger partial charge in [-0.2, -0.15) is 0 Å². The molecule has 0 fully saturated rings. The minimum Gasteiger partial charge on any atom is -0.0958 e. The van der Waals surface area contributed by atoms with Crippen molar-refractivity contribution in [1.82, 2.24) is 0 Å². The molecule has 86 valence electrons. The van der Waals surface area contributed by atoms with Crippen LogP contribution in [0.5, 0.6) is 0 Å². The van der Waals surface area contributed by atoms with Crippen molar-refractivity contribution < 1.29 is 0 Å². The van der Waals surface area contributed by atoms with Crippen LogP contribution in [0.25, 0.3) is 6.08 Å². The predicted molar refractivity (Wildman–Crippen MR) is 81.7 cm³/mol. The monoisotopic (exact) mass is 326 g/mol. The van der Waals surface area contributed by atoms with Crippen LogP contribution in [0.2, 0.25) is 0 Å². The van der Waals surface area contributed by atoms with Crippen LogP contribution in [0, 0.1) is 10.5 Å². The molecule has 0 amide bonds. The van der Waals surface area contributed by atoms with E-state index in [-0.39, 0.29) is 0 Å². The zero-order valence-electron chi connectivity index (χ0n) is 10.5. The van der Waals surface area contributed by atoms with Crippen molar-refractivity contribution in [2.24, 2.45) is 0 Å². The Morgan fingerprint density at radius 3 is 2.50 bits per heavy atom. The number of aryl methyl sites for hydroxylation is 2. The number of benzene rings is 1. The molecule has 16 heavy (non-hydrogen) atoms. The van der Waals surface area contributed by atoms with Crippen LogP contribution in [-0.4, -0.2) is 0 Å². The molecule has 0 radical (unpaired) electrons. The molecular formula is C15H19I. The van der Waals surface area contributed by atoms with E-state index in [1.54, 1.807) is 0 Å². The third kappa shape index (κ3) is 2.97. The Morgan fingerprint density at radius 2 is 2.00 bits per heavy atom. The van der Waals surface area contributed by atoms with Gasteiger partial charge in [0, 0.05) is 3.57 Å². The summed E-state index contributed by atoms with van der Waals surface area (Å²) in [5.74, 6) is 0. The lowest BCUT2D eigenvalue weighted by Crippen LogP contribution is -1.94. The molecule has 0 heterocycles. The minimum absolute atomic E-state index is 1.09. The molecule has 0 aliphatic carbocycles. The van der Waals surface area contributed by atoms with E-state index in [0.717, 1.165) is 12.0 Å². The summed E-state index contributed by atoms with van der Waals surface area (Å²) in [4.78, 5) is 0. The van der Waals surface area contributed by atoms with Gasteiger partial charge in [0.1, 0.15) is 0 Å². The van der Waals surface area contributed by atoms with Crippen molar-refractivity contribution in [3.05, 3.63) is 50.1 Å². The number of rotatable bonds is 3. The van der Waals surface area contributed by atoms with Crippen LogP contribution in [0.15, 0.2) is 29.9 Å². The first-order valence-corrected chi connectivity index (χ1v) is 6.67. The standard InChI is InChI=1S/C15H19I/c1-6-13-8-7-11(4)14(15(13)16)9-12(5)10(2)3/h7-9H,2,6H2,1,3-5H3/b12-9+. The van der Waals surface area contributed by atoms with E-state index in [1.165, 1.54) is 25.8 Å². The Bertz CT molecular complexity index is 439. The molecule has 1 heteroatoms. The molecule has 0 spiro atoms. The Morgan fingerprint density at radius 1 is 1.38 bits per heavy atom. The third-order valence-corrected chi connectivity index (χ3v) is 4.17. The largest absolute Gasteiger partial charge is 0.0958 e. The molecule has 0 atom stereocenters. The summed E-state index contributed by atoms with van der Waals surface area (Å²) in [7, 11) is 0. The summed E-state index contributed by atoms with van der Waals surface area (Å²) in [6.45, 7) is 12.5. The van der Waals surface area contributed by atoms with E-state index in [0.29, 0.717) is 0 Å². The van der Waals surface area contributed by atoms with Crippen molar-refractivity contribution >= 4 is 28.7 Å². The van der Waals surface area contributed by atoms with Crippen LogP contribution in [0.4, 0.5) is 0 Å². The highest BCUT2D eigenvalue weighted by Crippen LogP contribution is 2.25. The van der Waals surface area contributed by atoms with E-state index >= 15 is 0 Å². The fraction of sp³-hybridized carbons (Fsp3) is 0.333. The number of hydrogen-bond donors (Lipinski definition) is 0. The van der Waals surface area contributed by atoms with Gasteiger partial charge < -0.3 is 0 Å². The normalized spacial score (nSPS) is 11.7. The SMILES string of the molecule is C=C(C)/C(C)=C/c1c(C)ccc(CC)c1I. The van der Waals surface area contributed by atoms with Gasteiger partial charge in [-0.3, -0.25) is 0 Å². The molecule has 0 saturated carbocycles. The summed E-state index contributed by atoms with van der Waals surface area (Å²) >= 11 is 2.45. The molecule has 1 aromatic rings. The van der Waals surface area contributed by atoms with E-state index in [2.05, 4.69) is 75.1 Å². The second-order valence-corrected chi connectivity index (χ2v) is 5.31. The topological polar surface area (TPSA) is 0 Å². The summed E-state index contributed by atoms with van der Waals surface area (Å²) < 4.78 is 1.38. The van der Waals surface area contributed by atoms with Crippen molar-refractivity contribution in [1.29, 1.82) is 0 Å². The van der Waals surface area contributed by atoms with E-state index in [9.17, 15) is 0 Å². The highest BCUT2D eigenvalue weighted by atomic mass is 127. The molecule has 1 rings (SSSR count). The summed E-state index contributed by atoms with van der Waals surface area (Å²) in [5.41, 5.74) is 6.50. The van der Waals surface area contributed by atoms with Gasteiger partial charge in [0.05, 0.1) is 0 Å². The third-order valence-electron chi connectivity index (χ3n) is 2.89. The second-order valence-electron chi connectivity index (χ2n) is 4.23. The Hall–Kier alpha value is -0.570. The van der Waals surface area contributed by atoms with Crippen LogP contribution in [0.3, 0.4) is 0 Å². The maximum Gasteiger partial charge on any atom is 0.0237 e. The van der Waals surface area contributed by atoms with Gasteiger partial charge in [-0.15, -0.1) is 0 Å². The average Bonchev–Trinajstić information content (AvgIpc) is 2.24. The molecule has 0 saturated heterocycles. The highest BCUT2D eigenvalue weighted by molar-refractivity contribution is 14.1. The second kappa shape index (κ2) is 5.67. The van der Waals surface area contributed by atoms with Gasteiger partial charge in [0.15, 0.2) is 0 Å². The van der Waals surface area contributed by atoms with Crippen LogP contribution in [0.1, 0.15) is 37.5 Å². The number of halogens is 1. The molecule has 0 unspecified atom stereocenters. The molecule has 0 bridgehead atoms. The van der Waals surface area contributed by atoms with E-state index in [4.69, 9.17) is 0 Å². The van der Waals surface area contributed by atoms with Crippen LogP contribution >= 0.6 is 22.6 Å². The Labute approximate surface area is 113 Å². The molecule has 0 aromatic heterocycles. The van der Waals surface area contributed by atoms with Gasteiger partial charge in [-0.25, -0.2) is 0 Å². The zero-order chi connectivity index (χ0) is 12.3. The fourth-order valence-corrected chi connectivity index (χ4v) is 2.67. The number of hydrogen-bond acceptors (Lipinski definition) is 0. The van der Waals surface area contributed by atoms with Crippen molar-refractivity contribution in [3.63, 3.8) is 0 Å². The van der Waals surface area contributed by atoms with Crippen molar-refractivity contribution in [3.8, 4) is 0 Å². The molecule has 0 aliphatic rings. The lowest BCUT2D eigenvalue weighted by Gasteiger charge is -2.10. The number of allylic oxidation sites excluding steroid dienone is 2. The van der Waals surface area contributed by atoms with Crippen LogP contribution in [-0.2, 0) is 6.42 Å². The first-order valence-electron chi connectivity index (χ1n) is 5.59. The molecule has 0 N–H and O–H groups in total. The van der Waals surface area contributed by atoms with E-state index in [1.807, 2.05) is 0 Å². The first kappa shape index (κ1) is 13.5. The van der Waals surface area contributed by atoms with Gasteiger partial charge in [0.2, 0.25) is 0 Å². The quantitative estimate of drug-likeness (QED) is 0.533. The summed E-state index contributed by atoms with van der Waals surface area (Å²) in [6, 6.07) is 4.43. The smallest absolute Gasteiger partial charge is 0.0237 e. The summed E-state index contributed by atoms with van der Waals surface area (Å²) in [5, 5.41) is 0. The minimum atomic E-state index is 1.09. The molecule has 1 aromatic carbocycles. The molecule has 0 aliphatic heterocycles. The Balaban J connectivity index is 3.33. The average molecular weight is 326 g/mol. The predicted octanol–water partition coefficient (Wildman–Crippen LogP) is 5.14. The lowest BCUT2D eigenvalue weighted by atomic mass is 10.00. The van der Waals surface area contributed by atoms with Crippen molar-refractivity contribution in [2.75, 3.05) is 0 Å². The molecule has 0 nitrogen and oxygen atoms in total. The van der Waals surface area contributed by atoms with Gasteiger partial charge in [-0.1, -0.05) is 37.3 Å². The maximum atomic E-state index is 3.98. The van der Waals surface area contributed by atoms with Crippen molar-refractivity contribution in [2.45, 2.75) is 34.1 Å². The highest BCUT2D eigenvalue weighted by Gasteiger charge is 2.06. The maximum absolute atomic E-state index is 3.98. The first-order chi connectivity index (χ1) is 7.47. The van der Waals surface area contributed by atoms with E-state index < -0.39 is 0 Å². The van der Waals surface area contributed by atoms with Crippen LogP contribution < -0.4 is 0 Å². The van der Waals surface area contributed by atoms with Gasteiger partial charge in [-0.05, 0) is 72.0 Å².